The Labute approximate surface area is 125 Å². The second-order valence-electron chi connectivity index (χ2n) is 5.46. The fraction of sp³-hybridized carbons (Fsp3) is 0.438. The van der Waals surface area contributed by atoms with Crippen molar-refractivity contribution >= 4 is 11.3 Å². The molecule has 1 heterocycles. The van der Waals surface area contributed by atoms with Gasteiger partial charge >= 0.3 is 0 Å². The van der Waals surface area contributed by atoms with Crippen LogP contribution in [0, 0.1) is 0 Å². The molecule has 0 aliphatic rings. The van der Waals surface area contributed by atoms with Gasteiger partial charge in [0.25, 0.3) is 0 Å². The summed E-state index contributed by atoms with van der Waals surface area (Å²) in [5.74, 6) is 0. The SMILES string of the molecule is CC(C)NCc1ccccc1CN(C)Cc1cscn1. The lowest BCUT2D eigenvalue weighted by atomic mass is 10.1. The lowest BCUT2D eigenvalue weighted by Gasteiger charge is -2.18. The van der Waals surface area contributed by atoms with Crippen molar-refractivity contribution in [1.29, 1.82) is 0 Å². The van der Waals surface area contributed by atoms with Gasteiger partial charge in [0.2, 0.25) is 0 Å². The van der Waals surface area contributed by atoms with E-state index >= 15 is 0 Å². The van der Waals surface area contributed by atoms with Crippen LogP contribution in [0.2, 0.25) is 0 Å². The maximum Gasteiger partial charge on any atom is 0.0795 e. The molecule has 1 aromatic heterocycles. The predicted octanol–water partition coefficient (Wildman–Crippen LogP) is 3.27. The summed E-state index contributed by atoms with van der Waals surface area (Å²) < 4.78 is 0. The average Bonchev–Trinajstić information content (AvgIpc) is 2.90. The van der Waals surface area contributed by atoms with E-state index < -0.39 is 0 Å². The molecule has 0 atom stereocenters. The minimum absolute atomic E-state index is 0.510. The van der Waals surface area contributed by atoms with Gasteiger partial charge in [0.05, 0.1) is 11.2 Å². The van der Waals surface area contributed by atoms with Gasteiger partial charge in [0, 0.05) is 31.1 Å². The first-order valence-electron chi connectivity index (χ1n) is 7.01. The molecule has 0 spiro atoms. The topological polar surface area (TPSA) is 28.2 Å². The summed E-state index contributed by atoms with van der Waals surface area (Å²) in [6.45, 7) is 7.13. The summed E-state index contributed by atoms with van der Waals surface area (Å²) in [5, 5.41) is 5.61. The first-order chi connectivity index (χ1) is 9.65. The summed E-state index contributed by atoms with van der Waals surface area (Å²) in [7, 11) is 2.14. The molecule has 4 heteroatoms. The van der Waals surface area contributed by atoms with E-state index in [0.717, 1.165) is 25.3 Å². The third kappa shape index (κ3) is 4.71. The van der Waals surface area contributed by atoms with Gasteiger partial charge in [-0.3, -0.25) is 4.90 Å². The lowest BCUT2D eigenvalue weighted by molar-refractivity contribution is 0.314. The van der Waals surface area contributed by atoms with E-state index in [-0.39, 0.29) is 0 Å². The van der Waals surface area contributed by atoms with Crippen LogP contribution < -0.4 is 5.32 Å². The molecule has 0 unspecified atom stereocenters. The second kappa shape index (κ2) is 7.53. The molecule has 2 rings (SSSR count). The highest BCUT2D eigenvalue weighted by Gasteiger charge is 2.07. The fourth-order valence-electron chi connectivity index (χ4n) is 2.14. The molecule has 2 aromatic rings. The summed E-state index contributed by atoms with van der Waals surface area (Å²) in [6.07, 6.45) is 0. The van der Waals surface area contributed by atoms with Crippen molar-refractivity contribution in [2.24, 2.45) is 0 Å². The number of aromatic nitrogens is 1. The van der Waals surface area contributed by atoms with Crippen molar-refractivity contribution in [3.8, 4) is 0 Å². The third-order valence-electron chi connectivity index (χ3n) is 3.17. The van der Waals surface area contributed by atoms with E-state index in [0.29, 0.717) is 6.04 Å². The van der Waals surface area contributed by atoms with Gasteiger partial charge in [-0.15, -0.1) is 11.3 Å². The molecule has 0 aliphatic heterocycles. The molecular weight excluding hydrogens is 266 g/mol. The van der Waals surface area contributed by atoms with Crippen molar-refractivity contribution in [2.75, 3.05) is 7.05 Å². The van der Waals surface area contributed by atoms with Crippen LogP contribution in [0.1, 0.15) is 30.7 Å². The maximum absolute atomic E-state index is 4.34. The lowest BCUT2D eigenvalue weighted by Crippen LogP contribution is -2.24. The molecule has 0 saturated carbocycles. The average molecular weight is 289 g/mol. The summed E-state index contributed by atoms with van der Waals surface area (Å²) in [4.78, 5) is 6.65. The zero-order chi connectivity index (χ0) is 14.4. The van der Waals surface area contributed by atoms with E-state index in [4.69, 9.17) is 0 Å². The van der Waals surface area contributed by atoms with Crippen LogP contribution >= 0.6 is 11.3 Å². The van der Waals surface area contributed by atoms with Crippen LogP contribution in [0.4, 0.5) is 0 Å². The number of hydrogen-bond acceptors (Lipinski definition) is 4. The van der Waals surface area contributed by atoms with Gasteiger partial charge < -0.3 is 5.32 Å². The van der Waals surface area contributed by atoms with Crippen LogP contribution in [-0.2, 0) is 19.6 Å². The zero-order valence-electron chi connectivity index (χ0n) is 12.5. The summed E-state index contributed by atoms with van der Waals surface area (Å²) in [5.41, 5.74) is 5.81. The Bertz CT molecular complexity index is 508. The van der Waals surface area contributed by atoms with Gasteiger partial charge in [-0.2, -0.15) is 0 Å². The molecular formula is C16H23N3S. The van der Waals surface area contributed by atoms with Gasteiger partial charge in [-0.1, -0.05) is 38.1 Å². The number of rotatable bonds is 7. The predicted molar refractivity (Wildman–Crippen MR) is 85.7 cm³/mol. The molecule has 108 valence electrons. The Morgan fingerprint density at radius 3 is 2.60 bits per heavy atom. The number of hydrogen-bond donors (Lipinski definition) is 1. The molecule has 20 heavy (non-hydrogen) atoms. The van der Waals surface area contributed by atoms with Crippen LogP contribution in [0.15, 0.2) is 35.2 Å². The highest BCUT2D eigenvalue weighted by molar-refractivity contribution is 7.07. The molecule has 0 radical (unpaired) electrons. The van der Waals surface area contributed by atoms with Crippen LogP contribution in [-0.4, -0.2) is 23.0 Å². The second-order valence-corrected chi connectivity index (χ2v) is 6.18. The fourth-order valence-corrected chi connectivity index (χ4v) is 2.69. The third-order valence-corrected chi connectivity index (χ3v) is 3.81. The van der Waals surface area contributed by atoms with E-state index in [1.165, 1.54) is 11.1 Å². The van der Waals surface area contributed by atoms with Crippen LogP contribution in [0.25, 0.3) is 0 Å². The van der Waals surface area contributed by atoms with Crippen molar-refractivity contribution < 1.29 is 0 Å². The molecule has 3 nitrogen and oxygen atoms in total. The van der Waals surface area contributed by atoms with Crippen molar-refractivity contribution in [3.05, 3.63) is 52.0 Å². The minimum Gasteiger partial charge on any atom is -0.310 e. The molecule has 0 amide bonds. The van der Waals surface area contributed by atoms with Gasteiger partial charge in [-0.25, -0.2) is 4.98 Å². The van der Waals surface area contributed by atoms with Crippen molar-refractivity contribution in [3.63, 3.8) is 0 Å². The first-order valence-corrected chi connectivity index (χ1v) is 7.95. The number of thiazole rings is 1. The monoisotopic (exact) mass is 289 g/mol. The number of benzene rings is 1. The number of nitrogens with one attached hydrogen (secondary N) is 1. The Kier molecular flexibility index (Phi) is 5.71. The highest BCUT2D eigenvalue weighted by atomic mass is 32.1. The smallest absolute Gasteiger partial charge is 0.0795 e. The molecule has 0 aliphatic carbocycles. The van der Waals surface area contributed by atoms with E-state index in [1.807, 2.05) is 5.51 Å². The van der Waals surface area contributed by atoms with Gasteiger partial charge in [-0.05, 0) is 18.2 Å². The minimum atomic E-state index is 0.510. The molecule has 1 N–H and O–H groups in total. The standard InChI is InChI=1S/C16H23N3S/c1-13(2)17-8-14-6-4-5-7-15(14)9-19(3)10-16-11-20-12-18-16/h4-7,11-13,17H,8-10H2,1-3H3. The summed E-state index contributed by atoms with van der Waals surface area (Å²) in [6, 6.07) is 9.17. The first kappa shape index (κ1) is 15.2. The van der Waals surface area contributed by atoms with E-state index in [1.54, 1.807) is 11.3 Å². The molecule has 0 fully saturated rings. The maximum atomic E-state index is 4.34. The molecule has 0 bridgehead atoms. The summed E-state index contributed by atoms with van der Waals surface area (Å²) >= 11 is 1.65. The Hall–Kier alpha value is -1.23. The van der Waals surface area contributed by atoms with Gasteiger partial charge in [0.1, 0.15) is 0 Å². The Morgan fingerprint density at radius 2 is 1.95 bits per heavy atom. The number of nitrogens with zero attached hydrogens (tertiary/aromatic N) is 2. The molecule has 1 aromatic carbocycles. The Balaban J connectivity index is 1.97. The van der Waals surface area contributed by atoms with Gasteiger partial charge in [0.15, 0.2) is 0 Å². The quantitative estimate of drug-likeness (QED) is 0.848. The van der Waals surface area contributed by atoms with Crippen molar-refractivity contribution in [1.82, 2.24) is 15.2 Å². The Morgan fingerprint density at radius 1 is 1.20 bits per heavy atom. The van der Waals surface area contributed by atoms with Crippen LogP contribution in [0.5, 0.6) is 0 Å². The van der Waals surface area contributed by atoms with Crippen LogP contribution in [0.3, 0.4) is 0 Å². The van der Waals surface area contributed by atoms with E-state index in [9.17, 15) is 0 Å². The normalized spacial score (nSPS) is 11.4. The van der Waals surface area contributed by atoms with E-state index in [2.05, 4.69) is 65.7 Å². The largest absolute Gasteiger partial charge is 0.310 e. The molecule has 0 saturated heterocycles. The van der Waals surface area contributed by atoms with Crippen molar-refractivity contribution in [2.45, 2.75) is 39.5 Å². The highest BCUT2D eigenvalue weighted by Crippen LogP contribution is 2.13. The zero-order valence-corrected chi connectivity index (χ0v) is 13.3.